The monoisotopic (exact) mass is 220 g/mol. The highest BCUT2D eigenvalue weighted by molar-refractivity contribution is 5.79. The Morgan fingerprint density at radius 2 is 2.00 bits per heavy atom. The number of rotatable bonds is 7. The van der Waals surface area contributed by atoms with Gasteiger partial charge in [0.2, 0.25) is 0 Å². The van der Waals surface area contributed by atoms with Crippen molar-refractivity contribution in [2.24, 2.45) is 0 Å². The van der Waals surface area contributed by atoms with Gasteiger partial charge in [0, 0.05) is 20.8 Å². The number of hydrogen-bond acceptors (Lipinski definition) is 4. The van der Waals surface area contributed by atoms with Gasteiger partial charge >= 0.3 is 12.0 Å². The lowest BCUT2D eigenvalue weighted by Crippen LogP contribution is -2.43. The molecule has 15 heavy (non-hydrogen) atoms. The highest BCUT2D eigenvalue weighted by atomic mass is 16.5. The Morgan fingerprint density at radius 1 is 1.33 bits per heavy atom. The summed E-state index contributed by atoms with van der Waals surface area (Å²) in [6.07, 6.45) is -0.245. The average molecular weight is 220 g/mol. The second kappa shape index (κ2) is 8.01. The summed E-state index contributed by atoms with van der Waals surface area (Å²) in [5.41, 5.74) is 0. The van der Waals surface area contributed by atoms with Crippen LogP contribution in [0.3, 0.4) is 0 Å². The third-order valence-electron chi connectivity index (χ3n) is 1.58. The number of carbonyl (C=O) groups excluding carboxylic acids is 1. The summed E-state index contributed by atoms with van der Waals surface area (Å²) in [4.78, 5) is 21.1. The first-order valence-electron chi connectivity index (χ1n) is 4.35. The Balaban J connectivity index is 3.63. The predicted molar refractivity (Wildman–Crippen MR) is 51.7 cm³/mol. The number of carboxylic acids is 1. The lowest BCUT2D eigenvalue weighted by molar-refractivity contribution is -0.135. The predicted octanol–water partition coefficient (Wildman–Crippen LogP) is -0.968. The zero-order valence-electron chi connectivity index (χ0n) is 8.78. The van der Waals surface area contributed by atoms with Gasteiger partial charge in [-0.15, -0.1) is 0 Å². The Labute approximate surface area is 87.7 Å². The molecule has 7 heteroatoms. The summed E-state index contributed by atoms with van der Waals surface area (Å²) >= 11 is 0. The standard InChI is InChI=1S/C8H16N2O5/c1-14-5-6(15-2)3-9-8(13)10-4-7(11)12/h6H,3-5H2,1-2H3,(H,11,12)(H2,9,10,13). The first-order chi connectivity index (χ1) is 7.10. The normalized spacial score (nSPS) is 11.9. The molecule has 7 nitrogen and oxygen atoms in total. The molecule has 0 rings (SSSR count). The van der Waals surface area contributed by atoms with Gasteiger partial charge in [0.05, 0.1) is 12.7 Å². The maximum absolute atomic E-state index is 11.0. The summed E-state index contributed by atoms with van der Waals surface area (Å²) in [5, 5.41) is 12.9. The van der Waals surface area contributed by atoms with Crippen LogP contribution in [0.1, 0.15) is 0 Å². The summed E-state index contributed by atoms with van der Waals surface area (Å²) in [6, 6.07) is -0.546. The van der Waals surface area contributed by atoms with E-state index in [1.165, 1.54) is 14.2 Å². The number of nitrogens with one attached hydrogen (secondary N) is 2. The number of aliphatic carboxylic acids is 1. The maximum Gasteiger partial charge on any atom is 0.323 e. The number of carboxylic acid groups (broad SMARTS) is 1. The van der Waals surface area contributed by atoms with E-state index < -0.39 is 18.5 Å². The lowest BCUT2D eigenvalue weighted by atomic mass is 10.4. The van der Waals surface area contributed by atoms with Crippen molar-refractivity contribution >= 4 is 12.0 Å². The molecule has 0 aliphatic rings. The van der Waals surface area contributed by atoms with E-state index in [-0.39, 0.29) is 12.6 Å². The third-order valence-corrected chi connectivity index (χ3v) is 1.58. The molecule has 1 unspecified atom stereocenters. The minimum atomic E-state index is -1.09. The van der Waals surface area contributed by atoms with Gasteiger partial charge in [-0.25, -0.2) is 4.79 Å². The molecule has 0 saturated heterocycles. The topological polar surface area (TPSA) is 96.9 Å². The van der Waals surface area contributed by atoms with Gasteiger partial charge in [-0.3, -0.25) is 4.79 Å². The number of hydrogen-bond donors (Lipinski definition) is 3. The van der Waals surface area contributed by atoms with E-state index in [4.69, 9.17) is 14.6 Å². The maximum atomic E-state index is 11.0. The molecule has 0 aliphatic carbocycles. The molecule has 0 spiro atoms. The molecular weight excluding hydrogens is 204 g/mol. The van der Waals surface area contributed by atoms with Crippen molar-refractivity contribution in [2.75, 3.05) is 33.9 Å². The summed E-state index contributed by atoms with van der Waals surface area (Å²) in [6.45, 7) is 0.208. The van der Waals surface area contributed by atoms with E-state index in [2.05, 4.69) is 10.6 Å². The fourth-order valence-corrected chi connectivity index (χ4v) is 0.821. The molecule has 0 aromatic carbocycles. The van der Waals surface area contributed by atoms with Crippen LogP contribution in [0.2, 0.25) is 0 Å². The van der Waals surface area contributed by atoms with Crippen LogP contribution in [-0.4, -0.2) is 57.1 Å². The van der Waals surface area contributed by atoms with Gasteiger partial charge < -0.3 is 25.2 Å². The Bertz CT molecular complexity index is 209. The van der Waals surface area contributed by atoms with Crippen molar-refractivity contribution in [3.05, 3.63) is 0 Å². The molecule has 0 radical (unpaired) electrons. The third kappa shape index (κ3) is 7.71. The number of carbonyl (C=O) groups is 2. The molecule has 0 aliphatic heterocycles. The number of methoxy groups -OCH3 is 2. The molecule has 2 amide bonds. The summed E-state index contributed by atoms with van der Waals surface area (Å²) in [5.74, 6) is -1.09. The van der Waals surface area contributed by atoms with E-state index in [1.807, 2.05) is 0 Å². The number of amides is 2. The zero-order valence-corrected chi connectivity index (χ0v) is 8.78. The Kier molecular flexibility index (Phi) is 7.29. The highest BCUT2D eigenvalue weighted by Crippen LogP contribution is 1.87. The van der Waals surface area contributed by atoms with Gasteiger partial charge in [0.25, 0.3) is 0 Å². The van der Waals surface area contributed by atoms with Gasteiger partial charge in [0.15, 0.2) is 0 Å². The van der Waals surface area contributed by atoms with Crippen molar-refractivity contribution in [3.8, 4) is 0 Å². The molecule has 0 bridgehead atoms. The van der Waals surface area contributed by atoms with E-state index in [0.717, 1.165) is 0 Å². The largest absolute Gasteiger partial charge is 0.480 e. The smallest absolute Gasteiger partial charge is 0.323 e. The highest BCUT2D eigenvalue weighted by Gasteiger charge is 2.09. The average Bonchev–Trinajstić information content (AvgIpc) is 2.21. The van der Waals surface area contributed by atoms with E-state index in [1.54, 1.807) is 0 Å². The van der Waals surface area contributed by atoms with Gasteiger partial charge in [-0.2, -0.15) is 0 Å². The van der Waals surface area contributed by atoms with Crippen LogP contribution in [0.25, 0.3) is 0 Å². The van der Waals surface area contributed by atoms with Crippen molar-refractivity contribution < 1.29 is 24.2 Å². The Hall–Kier alpha value is -1.34. The molecule has 1 atom stereocenters. The van der Waals surface area contributed by atoms with Gasteiger partial charge in [0.1, 0.15) is 6.54 Å². The Morgan fingerprint density at radius 3 is 2.47 bits per heavy atom. The van der Waals surface area contributed by atoms with E-state index in [0.29, 0.717) is 6.61 Å². The van der Waals surface area contributed by atoms with Crippen LogP contribution in [0, 0.1) is 0 Å². The fourth-order valence-electron chi connectivity index (χ4n) is 0.821. The summed E-state index contributed by atoms with van der Waals surface area (Å²) in [7, 11) is 3.02. The zero-order chi connectivity index (χ0) is 11.7. The quantitative estimate of drug-likeness (QED) is 0.513. The minimum Gasteiger partial charge on any atom is -0.480 e. The molecule has 0 heterocycles. The molecule has 0 saturated carbocycles. The van der Waals surface area contributed by atoms with Gasteiger partial charge in [-0.1, -0.05) is 0 Å². The molecule has 0 aromatic rings. The fraction of sp³-hybridized carbons (Fsp3) is 0.750. The SMILES string of the molecule is COCC(CNC(=O)NCC(=O)O)OC. The molecular formula is C8H16N2O5. The van der Waals surface area contributed by atoms with Crippen LogP contribution >= 0.6 is 0 Å². The molecule has 88 valence electrons. The first-order valence-corrected chi connectivity index (χ1v) is 4.35. The molecule has 0 fully saturated rings. The first kappa shape index (κ1) is 13.7. The van der Waals surface area contributed by atoms with Crippen molar-refractivity contribution in [1.29, 1.82) is 0 Å². The van der Waals surface area contributed by atoms with Gasteiger partial charge in [-0.05, 0) is 0 Å². The van der Waals surface area contributed by atoms with Crippen molar-refractivity contribution in [3.63, 3.8) is 0 Å². The molecule has 0 aromatic heterocycles. The van der Waals surface area contributed by atoms with Crippen molar-refractivity contribution in [1.82, 2.24) is 10.6 Å². The molecule has 3 N–H and O–H groups in total. The number of urea groups is 1. The van der Waals surface area contributed by atoms with E-state index >= 15 is 0 Å². The van der Waals surface area contributed by atoms with Crippen molar-refractivity contribution in [2.45, 2.75) is 6.10 Å². The second-order valence-corrected chi connectivity index (χ2v) is 2.77. The van der Waals surface area contributed by atoms with E-state index in [9.17, 15) is 9.59 Å². The van der Waals surface area contributed by atoms with Crippen LogP contribution in [0.15, 0.2) is 0 Å². The van der Waals surface area contributed by atoms with Crippen LogP contribution in [-0.2, 0) is 14.3 Å². The minimum absolute atomic E-state index is 0.245. The van der Waals surface area contributed by atoms with Crippen LogP contribution < -0.4 is 10.6 Å². The summed E-state index contributed by atoms with van der Waals surface area (Å²) < 4.78 is 9.82. The number of ether oxygens (including phenoxy) is 2. The second-order valence-electron chi connectivity index (χ2n) is 2.77. The van der Waals surface area contributed by atoms with Crippen LogP contribution in [0.5, 0.6) is 0 Å². The van der Waals surface area contributed by atoms with Crippen LogP contribution in [0.4, 0.5) is 4.79 Å². The lowest BCUT2D eigenvalue weighted by Gasteiger charge is -2.14.